The molecule has 2 atom stereocenters. The lowest BCUT2D eigenvalue weighted by Crippen LogP contribution is -2.50. The summed E-state index contributed by atoms with van der Waals surface area (Å²) in [5.41, 5.74) is 5.00. The molecule has 36 heavy (non-hydrogen) atoms. The number of hydrogen-bond donors (Lipinski definition) is 0. The van der Waals surface area contributed by atoms with Crippen molar-refractivity contribution in [3.8, 4) is 0 Å². The number of imide groups is 1. The van der Waals surface area contributed by atoms with E-state index in [-0.39, 0.29) is 17.7 Å². The number of rotatable bonds is 6. The first-order chi connectivity index (χ1) is 17.5. The average molecular weight is 544 g/mol. The number of alkyl halides is 1. The van der Waals surface area contributed by atoms with Gasteiger partial charge in [0, 0.05) is 5.92 Å². The third kappa shape index (κ3) is 3.16. The van der Waals surface area contributed by atoms with Crippen LogP contribution in [0.4, 0.5) is 5.69 Å². The third-order valence-corrected chi connectivity index (χ3v) is 9.18. The zero-order valence-corrected chi connectivity index (χ0v) is 21.5. The highest BCUT2D eigenvalue weighted by Crippen LogP contribution is 2.66. The maximum Gasteiger partial charge on any atom is 0.338 e. The van der Waals surface area contributed by atoms with Gasteiger partial charge in [-0.25, -0.2) is 9.69 Å². The monoisotopic (exact) mass is 543 g/mol. The van der Waals surface area contributed by atoms with Gasteiger partial charge in [-0.2, -0.15) is 0 Å². The Bertz CT molecular complexity index is 1350. The van der Waals surface area contributed by atoms with Gasteiger partial charge in [-0.05, 0) is 46.9 Å². The minimum atomic E-state index is -0.795. The molecule has 3 aromatic carbocycles. The van der Waals surface area contributed by atoms with Crippen molar-refractivity contribution in [3.05, 3.63) is 101 Å². The van der Waals surface area contributed by atoms with Gasteiger partial charge in [0.25, 0.3) is 0 Å². The van der Waals surface area contributed by atoms with E-state index in [1.807, 2.05) is 24.3 Å². The zero-order valence-electron chi connectivity index (χ0n) is 19.9. The number of hydrogen-bond acceptors (Lipinski definition) is 4. The number of halogens is 1. The van der Waals surface area contributed by atoms with Gasteiger partial charge < -0.3 is 4.74 Å². The van der Waals surface area contributed by atoms with Crippen LogP contribution in [0.3, 0.4) is 0 Å². The maximum absolute atomic E-state index is 14.0. The number of nitrogens with zero attached hydrogens (tertiary/aromatic N) is 1. The van der Waals surface area contributed by atoms with Crippen molar-refractivity contribution < 1.29 is 19.1 Å². The smallest absolute Gasteiger partial charge is 0.338 e. The van der Waals surface area contributed by atoms with Crippen LogP contribution < -0.4 is 4.90 Å². The highest BCUT2D eigenvalue weighted by molar-refractivity contribution is 9.09. The minimum Gasteiger partial charge on any atom is -0.462 e. The zero-order chi connectivity index (χ0) is 25.0. The van der Waals surface area contributed by atoms with Crippen LogP contribution >= 0.6 is 15.9 Å². The van der Waals surface area contributed by atoms with Gasteiger partial charge >= 0.3 is 5.97 Å². The van der Waals surface area contributed by atoms with E-state index in [2.05, 4.69) is 47.1 Å². The molecule has 1 saturated heterocycles. The van der Waals surface area contributed by atoms with E-state index in [1.54, 1.807) is 24.3 Å². The summed E-state index contributed by atoms with van der Waals surface area (Å²) in [4.78, 5) is 42.0. The summed E-state index contributed by atoms with van der Waals surface area (Å²) < 4.78 is 4.61. The Morgan fingerprint density at radius 1 is 0.917 bits per heavy atom. The number of benzene rings is 3. The Morgan fingerprint density at radius 2 is 1.58 bits per heavy atom. The fourth-order valence-electron chi connectivity index (χ4n) is 6.31. The second kappa shape index (κ2) is 8.70. The van der Waals surface area contributed by atoms with Gasteiger partial charge in [0.15, 0.2) is 0 Å². The number of carbonyl (C=O) groups is 3. The second-order valence-corrected chi connectivity index (χ2v) is 11.0. The molecule has 0 radical (unpaired) electrons. The summed E-state index contributed by atoms with van der Waals surface area (Å²) in [6.07, 6.45) is 2.84. The highest BCUT2D eigenvalue weighted by Gasteiger charge is 2.67. The lowest BCUT2D eigenvalue weighted by Gasteiger charge is -2.51. The normalized spacial score (nSPS) is 25.4. The lowest BCUT2D eigenvalue weighted by atomic mass is 9.55. The van der Waals surface area contributed by atoms with Gasteiger partial charge in [-0.3, -0.25) is 9.59 Å². The van der Waals surface area contributed by atoms with Crippen LogP contribution in [0.15, 0.2) is 72.8 Å². The van der Waals surface area contributed by atoms with Crippen molar-refractivity contribution in [2.75, 3.05) is 11.5 Å². The molecule has 7 rings (SSSR count). The molecule has 3 aliphatic carbocycles. The number of carbonyl (C=O) groups excluding carboxylic acids is 3. The molecule has 0 aromatic heterocycles. The van der Waals surface area contributed by atoms with E-state index >= 15 is 0 Å². The minimum absolute atomic E-state index is 0.199. The van der Waals surface area contributed by atoms with Crippen LogP contribution in [-0.2, 0) is 18.7 Å². The second-order valence-electron chi connectivity index (χ2n) is 9.77. The first-order valence-electron chi connectivity index (χ1n) is 12.5. The van der Waals surface area contributed by atoms with Crippen molar-refractivity contribution >= 4 is 39.4 Å². The Morgan fingerprint density at radius 3 is 2.25 bits per heavy atom. The maximum atomic E-state index is 14.0. The SMILES string of the molecule is CCCCCOC(=O)c1cccc(N2C(=O)[C@H]3C4c5ccccc5C(Br)(c5ccccc54)[C@H]3C2=O)c1. The fourth-order valence-corrected chi connectivity index (χ4v) is 7.51. The molecule has 1 fully saturated rings. The number of amides is 2. The molecule has 1 aliphatic heterocycles. The summed E-state index contributed by atoms with van der Waals surface area (Å²) in [5, 5.41) is 0. The van der Waals surface area contributed by atoms with E-state index < -0.39 is 22.1 Å². The first kappa shape index (κ1) is 23.2. The highest BCUT2D eigenvalue weighted by atomic mass is 79.9. The van der Waals surface area contributed by atoms with Crippen LogP contribution in [0.1, 0.15) is 64.7 Å². The Hall–Kier alpha value is -3.25. The summed E-state index contributed by atoms with van der Waals surface area (Å²) in [6, 6.07) is 22.8. The molecule has 4 aliphatic rings. The fraction of sp³-hybridized carbons (Fsp3) is 0.300. The van der Waals surface area contributed by atoms with Crippen LogP contribution in [0.2, 0.25) is 0 Å². The number of unbranched alkanes of at least 4 members (excludes halogenated alkanes) is 2. The molecule has 2 bridgehead atoms. The van der Waals surface area contributed by atoms with Gasteiger partial charge in [-0.1, -0.05) is 90.3 Å². The molecule has 182 valence electrons. The predicted molar refractivity (Wildman–Crippen MR) is 140 cm³/mol. The van der Waals surface area contributed by atoms with Gasteiger partial charge in [0.1, 0.15) is 0 Å². The van der Waals surface area contributed by atoms with E-state index in [9.17, 15) is 14.4 Å². The van der Waals surface area contributed by atoms with Gasteiger partial charge in [0.2, 0.25) is 11.8 Å². The van der Waals surface area contributed by atoms with E-state index in [1.165, 1.54) is 4.90 Å². The van der Waals surface area contributed by atoms with E-state index in [4.69, 9.17) is 4.74 Å². The molecular weight excluding hydrogens is 518 g/mol. The molecule has 0 saturated carbocycles. The predicted octanol–water partition coefficient (Wildman–Crippen LogP) is 5.94. The molecule has 0 N–H and O–H groups in total. The molecule has 6 heteroatoms. The van der Waals surface area contributed by atoms with Crippen molar-refractivity contribution in [2.45, 2.75) is 36.4 Å². The molecule has 5 nitrogen and oxygen atoms in total. The summed E-state index contributed by atoms with van der Waals surface area (Å²) in [6.45, 7) is 2.44. The Balaban J connectivity index is 1.40. The van der Waals surface area contributed by atoms with Crippen molar-refractivity contribution in [1.82, 2.24) is 0 Å². The molecular formula is C30H26BrNO4. The van der Waals surface area contributed by atoms with Crippen molar-refractivity contribution in [3.63, 3.8) is 0 Å². The van der Waals surface area contributed by atoms with Gasteiger partial charge in [-0.15, -0.1) is 0 Å². The van der Waals surface area contributed by atoms with Crippen molar-refractivity contribution in [1.29, 1.82) is 0 Å². The first-order valence-corrected chi connectivity index (χ1v) is 13.3. The van der Waals surface area contributed by atoms with Gasteiger partial charge in [0.05, 0.1) is 34.0 Å². The Kier molecular flexibility index (Phi) is 5.60. The molecule has 0 unspecified atom stereocenters. The number of ether oxygens (including phenoxy) is 1. The number of anilines is 1. The topological polar surface area (TPSA) is 63.7 Å². The van der Waals surface area contributed by atoms with E-state index in [0.717, 1.165) is 41.5 Å². The van der Waals surface area contributed by atoms with Crippen LogP contribution in [0.5, 0.6) is 0 Å². The Labute approximate surface area is 218 Å². The molecule has 0 spiro atoms. The summed E-state index contributed by atoms with van der Waals surface area (Å²) in [5.74, 6) is -2.22. The number of esters is 1. The molecule has 3 aromatic rings. The summed E-state index contributed by atoms with van der Waals surface area (Å²) in [7, 11) is 0. The third-order valence-electron chi connectivity index (χ3n) is 7.84. The largest absolute Gasteiger partial charge is 0.462 e. The average Bonchev–Trinajstić information content (AvgIpc) is 3.18. The summed E-state index contributed by atoms with van der Waals surface area (Å²) >= 11 is 4.01. The van der Waals surface area contributed by atoms with Crippen LogP contribution in [-0.4, -0.2) is 24.4 Å². The van der Waals surface area contributed by atoms with Crippen LogP contribution in [0.25, 0.3) is 0 Å². The standard InChI is InChI=1S/C30H26BrNO4/c1-2-3-8-16-36-29(35)18-10-9-11-19(17-18)32-27(33)25-24-20-12-4-6-14-22(20)30(31,26(25)28(32)34)23-15-7-5-13-21(23)24/h4-7,9-15,17,24-26H,2-3,8,16H2,1H3/t24?,25-,26+,30?/m0/s1. The van der Waals surface area contributed by atoms with Crippen LogP contribution in [0, 0.1) is 11.8 Å². The van der Waals surface area contributed by atoms with E-state index in [0.29, 0.717) is 17.9 Å². The molecule has 1 heterocycles. The quantitative estimate of drug-likeness (QED) is 0.167. The molecule has 2 amide bonds. The lowest BCUT2D eigenvalue weighted by molar-refractivity contribution is -0.122. The van der Waals surface area contributed by atoms with Crippen molar-refractivity contribution in [2.24, 2.45) is 11.8 Å².